The number of hydrogen-bond acceptors (Lipinski definition) is 5. The lowest BCUT2D eigenvalue weighted by Gasteiger charge is -2.08. The molecule has 0 aliphatic rings. The van der Waals surface area contributed by atoms with E-state index in [1.165, 1.54) is 6.92 Å². The van der Waals surface area contributed by atoms with Crippen LogP contribution in [-0.4, -0.2) is 30.9 Å². The second-order valence-corrected chi connectivity index (χ2v) is 5.22. The Labute approximate surface area is 145 Å². The van der Waals surface area contributed by atoms with Crippen LogP contribution in [-0.2, 0) is 9.53 Å². The number of Topliss-reactive ketones (excluding diaryl/α,β-unsaturated/α-hetero) is 1. The van der Waals surface area contributed by atoms with Gasteiger partial charge in [-0.3, -0.25) is 9.59 Å². The van der Waals surface area contributed by atoms with Crippen molar-refractivity contribution in [2.75, 3.05) is 18.5 Å². The zero-order valence-corrected chi connectivity index (χ0v) is 14.1. The van der Waals surface area contributed by atoms with E-state index in [2.05, 4.69) is 5.32 Å². The molecule has 1 amide bonds. The molecule has 0 aromatic heterocycles. The molecule has 1 N–H and O–H groups in total. The van der Waals surface area contributed by atoms with Gasteiger partial charge in [-0.2, -0.15) is 0 Å². The first-order valence-electron chi connectivity index (χ1n) is 7.80. The number of nitrogens with one attached hydrogen (secondary N) is 1. The molecule has 0 unspecified atom stereocenters. The number of ketones is 1. The molecule has 0 bridgehead atoms. The van der Waals surface area contributed by atoms with E-state index < -0.39 is 18.5 Å². The van der Waals surface area contributed by atoms with Gasteiger partial charge in [0.15, 0.2) is 12.4 Å². The average Bonchev–Trinajstić information content (AvgIpc) is 2.61. The number of anilines is 1. The van der Waals surface area contributed by atoms with Crippen LogP contribution in [0.4, 0.5) is 5.69 Å². The Balaban J connectivity index is 1.84. The second kappa shape index (κ2) is 8.63. The van der Waals surface area contributed by atoms with E-state index >= 15 is 0 Å². The van der Waals surface area contributed by atoms with Gasteiger partial charge in [-0.15, -0.1) is 0 Å². The number of rotatable bonds is 7. The lowest BCUT2D eigenvalue weighted by atomic mass is 10.1. The summed E-state index contributed by atoms with van der Waals surface area (Å²) in [6.45, 7) is 3.47. The number of ether oxygens (including phenoxy) is 2. The quantitative estimate of drug-likeness (QED) is 0.618. The minimum atomic E-state index is -0.592. The maximum absolute atomic E-state index is 11.9. The Bertz CT molecular complexity index is 750. The summed E-state index contributed by atoms with van der Waals surface area (Å²) in [5.41, 5.74) is 1.41. The number of carbonyl (C=O) groups is 3. The second-order valence-electron chi connectivity index (χ2n) is 5.22. The highest BCUT2D eigenvalue weighted by atomic mass is 16.5. The summed E-state index contributed by atoms with van der Waals surface area (Å²) in [5, 5.41) is 2.59. The molecule has 0 heterocycles. The summed E-state index contributed by atoms with van der Waals surface area (Å²) in [6.07, 6.45) is 0. The molecule has 130 valence electrons. The highest BCUT2D eigenvalue weighted by molar-refractivity contribution is 5.97. The van der Waals surface area contributed by atoms with Gasteiger partial charge < -0.3 is 14.8 Å². The molecule has 0 saturated carbocycles. The van der Waals surface area contributed by atoms with Crippen LogP contribution in [0.5, 0.6) is 5.75 Å². The monoisotopic (exact) mass is 341 g/mol. The van der Waals surface area contributed by atoms with E-state index in [9.17, 15) is 14.4 Å². The Kier molecular flexibility index (Phi) is 6.28. The van der Waals surface area contributed by atoms with Gasteiger partial charge in [0.1, 0.15) is 5.75 Å². The van der Waals surface area contributed by atoms with E-state index in [0.717, 1.165) is 0 Å². The first kappa shape index (κ1) is 18.2. The van der Waals surface area contributed by atoms with Gasteiger partial charge in [0, 0.05) is 11.3 Å². The average molecular weight is 341 g/mol. The zero-order chi connectivity index (χ0) is 18.2. The molecule has 0 fully saturated rings. The molecule has 2 rings (SSSR count). The van der Waals surface area contributed by atoms with Crippen LogP contribution in [0.3, 0.4) is 0 Å². The number of esters is 1. The van der Waals surface area contributed by atoms with Crippen molar-refractivity contribution < 1.29 is 23.9 Å². The molecule has 0 aliphatic carbocycles. The summed E-state index contributed by atoms with van der Waals surface area (Å²) in [5.74, 6) is -0.451. The van der Waals surface area contributed by atoms with Gasteiger partial charge in [0.25, 0.3) is 5.91 Å². The van der Waals surface area contributed by atoms with Gasteiger partial charge in [0.2, 0.25) is 0 Å². The first-order chi connectivity index (χ1) is 12.0. The van der Waals surface area contributed by atoms with Crippen LogP contribution < -0.4 is 10.1 Å². The molecule has 0 aliphatic heterocycles. The van der Waals surface area contributed by atoms with Gasteiger partial charge in [0.05, 0.1) is 12.2 Å². The van der Waals surface area contributed by atoms with E-state index in [0.29, 0.717) is 29.2 Å². The zero-order valence-electron chi connectivity index (χ0n) is 14.1. The van der Waals surface area contributed by atoms with Crippen LogP contribution in [0.15, 0.2) is 48.5 Å². The highest BCUT2D eigenvalue weighted by Gasteiger charge is 2.11. The van der Waals surface area contributed by atoms with Crippen molar-refractivity contribution in [1.29, 1.82) is 0 Å². The third kappa shape index (κ3) is 5.46. The summed E-state index contributed by atoms with van der Waals surface area (Å²) in [4.78, 5) is 34.9. The molecule has 0 spiro atoms. The fraction of sp³-hybridized carbons (Fsp3) is 0.211. The molecule has 0 radical (unpaired) electrons. The first-order valence-corrected chi connectivity index (χ1v) is 7.80. The molecule has 25 heavy (non-hydrogen) atoms. The lowest BCUT2D eigenvalue weighted by Crippen LogP contribution is -2.20. The van der Waals surface area contributed by atoms with E-state index in [-0.39, 0.29) is 5.78 Å². The van der Waals surface area contributed by atoms with Gasteiger partial charge >= 0.3 is 5.97 Å². The molecule has 2 aromatic carbocycles. The Morgan fingerprint density at radius 1 is 0.920 bits per heavy atom. The van der Waals surface area contributed by atoms with Gasteiger partial charge in [-0.05, 0) is 62.4 Å². The highest BCUT2D eigenvalue weighted by Crippen LogP contribution is 2.13. The molecule has 0 saturated heterocycles. The molecule has 6 nitrogen and oxygen atoms in total. The van der Waals surface area contributed by atoms with Gasteiger partial charge in [-0.25, -0.2) is 4.79 Å². The smallest absolute Gasteiger partial charge is 0.338 e. The van der Waals surface area contributed by atoms with Crippen LogP contribution in [0, 0.1) is 0 Å². The summed E-state index contributed by atoms with van der Waals surface area (Å²) < 4.78 is 10.3. The maximum atomic E-state index is 11.9. The van der Waals surface area contributed by atoms with Crippen LogP contribution in [0.1, 0.15) is 34.6 Å². The third-order valence-corrected chi connectivity index (χ3v) is 3.31. The third-order valence-electron chi connectivity index (χ3n) is 3.31. The standard InChI is InChI=1S/C19H19NO5/c1-3-24-17-10-6-15(7-11-17)19(23)25-12-18(22)20-16-8-4-14(5-9-16)13(2)21/h4-11H,3,12H2,1-2H3,(H,20,22). The molecule has 6 heteroatoms. The topological polar surface area (TPSA) is 81.7 Å². The summed E-state index contributed by atoms with van der Waals surface area (Å²) in [6, 6.07) is 12.9. The van der Waals surface area contributed by atoms with E-state index in [4.69, 9.17) is 9.47 Å². The van der Waals surface area contributed by atoms with E-state index in [1.54, 1.807) is 48.5 Å². The fourth-order valence-electron chi connectivity index (χ4n) is 2.05. The number of hydrogen-bond donors (Lipinski definition) is 1. The SMILES string of the molecule is CCOc1ccc(C(=O)OCC(=O)Nc2ccc(C(C)=O)cc2)cc1. The van der Waals surface area contributed by atoms with Crippen LogP contribution in [0.2, 0.25) is 0 Å². The lowest BCUT2D eigenvalue weighted by molar-refractivity contribution is -0.119. The predicted octanol–water partition coefficient (Wildman–Crippen LogP) is 3.08. The summed E-state index contributed by atoms with van der Waals surface area (Å²) in [7, 11) is 0. The van der Waals surface area contributed by atoms with Crippen molar-refractivity contribution >= 4 is 23.3 Å². The van der Waals surface area contributed by atoms with Crippen molar-refractivity contribution in [3.8, 4) is 5.75 Å². The Morgan fingerprint density at radius 2 is 1.52 bits per heavy atom. The number of amides is 1. The Morgan fingerprint density at radius 3 is 2.08 bits per heavy atom. The normalized spacial score (nSPS) is 10.0. The molecule has 0 atom stereocenters. The van der Waals surface area contributed by atoms with Crippen LogP contribution >= 0.6 is 0 Å². The molecular weight excluding hydrogens is 322 g/mol. The van der Waals surface area contributed by atoms with Crippen molar-refractivity contribution in [2.45, 2.75) is 13.8 Å². The molecule has 2 aromatic rings. The van der Waals surface area contributed by atoms with Crippen molar-refractivity contribution in [1.82, 2.24) is 0 Å². The largest absolute Gasteiger partial charge is 0.494 e. The predicted molar refractivity (Wildman–Crippen MR) is 93.0 cm³/mol. The van der Waals surface area contributed by atoms with Crippen LogP contribution in [0.25, 0.3) is 0 Å². The number of carbonyl (C=O) groups excluding carboxylic acids is 3. The van der Waals surface area contributed by atoms with Crippen molar-refractivity contribution in [3.63, 3.8) is 0 Å². The maximum Gasteiger partial charge on any atom is 0.338 e. The van der Waals surface area contributed by atoms with E-state index in [1.807, 2.05) is 6.92 Å². The minimum absolute atomic E-state index is 0.0536. The number of benzene rings is 2. The summed E-state index contributed by atoms with van der Waals surface area (Å²) >= 11 is 0. The van der Waals surface area contributed by atoms with Crippen molar-refractivity contribution in [3.05, 3.63) is 59.7 Å². The molecular formula is C19H19NO5. The Hall–Kier alpha value is -3.15. The fourth-order valence-corrected chi connectivity index (χ4v) is 2.05. The van der Waals surface area contributed by atoms with Crippen molar-refractivity contribution in [2.24, 2.45) is 0 Å². The minimum Gasteiger partial charge on any atom is -0.494 e. The van der Waals surface area contributed by atoms with Gasteiger partial charge in [-0.1, -0.05) is 0 Å².